The first-order valence-corrected chi connectivity index (χ1v) is 12.3. The van der Waals surface area contributed by atoms with Crippen LogP contribution in [0.3, 0.4) is 0 Å². The third kappa shape index (κ3) is 4.88. The van der Waals surface area contributed by atoms with Gasteiger partial charge in [-0.2, -0.15) is 10.2 Å². The third-order valence-corrected chi connectivity index (χ3v) is 6.94. The van der Waals surface area contributed by atoms with Gasteiger partial charge in [-0.15, -0.1) is 0 Å². The van der Waals surface area contributed by atoms with Gasteiger partial charge in [0.15, 0.2) is 0 Å². The number of carbonyl (C=O) groups excluding carboxylic acids is 2. The quantitative estimate of drug-likeness (QED) is 0.453. The summed E-state index contributed by atoms with van der Waals surface area (Å²) in [5.41, 5.74) is 9.35. The van der Waals surface area contributed by atoms with Gasteiger partial charge in [0.25, 0.3) is 11.8 Å². The Morgan fingerprint density at radius 1 is 1.20 bits per heavy atom. The molecule has 3 aromatic heterocycles. The van der Waals surface area contributed by atoms with E-state index < -0.39 is 12.0 Å². The van der Waals surface area contributed by atoms with E-state index in [-0.39, 0.29) is 23.9 Å². The number of carbonyl (C=O) groups is 2. The number of primary amides is 1. The molecule has 1 aliphatic heterocycles. The number of fused-ring (bicyclic) bond motifs is 1. The van der Waals surface area contributed by atoms with Crippen LogP contribution >= 0.6 is 0 Å². The average Bonchev–Trinajstić information content (AvgIpc) is 3.51. The van der Waals surface area contributed by atoms with Gasteiger partial charge in [0.1, 0.15) is 6.10 Å². The number of aliphatic hydroxyl groups is 1. The minimum atomic E-state index is -0.961. The van der Waals surface area contributed by atoms with Crippen molar-refractivity contribution < 1.29 is 14.7 Å². The van der Waals surface area contributed by atoms with E-state index >= 15 is 0 Å². The zero-order chi connectivity index (χ0) is 25.3. The number of anilines is 1. The Hall–Kier alpha value is -3.40. The fourth-order valence-corrected chi connectivity index (χ4v) is 4.73. The summed E-state index contributed by atoms with van der Waals surface area (Å²) >= 11 is 0. The second-order valence-corrected chi connectivity index (χ2v) is 9.57. The SMILES string of the molecule is CCC(O)C(=O)N1CC[C@@H](Nc2c(C(N)=O)cnn3cc(-c4cnn(C(C)C)c4)cc23)[C@H](CC)C1. The molecule has 0 bridgehead atoms. The maximum atomic E-state index is 12.5. The third-order valence-electron chi connectivity index (χ3n) is 6.94. The number of nitrogens with two attached hydrogens (primary N) is 1. The highest BCUT2D eigenvalue weighted by Gasteiger charge is 2.33. The van der Waals surface area contributed by atoms with Gasteiger partial charge in [0, 0.05) is 48.7 Å². The highest BCUT2D eigenvalue weighted by Crippen LogP contribution is 2.32. The van der Waals surface area contributed by atoms with Crippen molar-refractivity contribution in [3.05, 3.63) is 36.4 Å². The molecule has 3 atom stereocenters. The molecule has 1 fully saturated rings. The Bertz CT molecular complexity index is 1220. The molecule has 4 N–H and O–H groups in total. The van der Waals surface area contributed by atoms with E-state index in [9.17, 15) is 14.7 Å². The predicted octanol–water partition coefficient (Wildman–Crippen LogP) is 2.69. The van der Waals surface area contributed by atoms with Crippen LogP contribution in [0.5, 0.6) is 0 Å². The number of hydrogen-bond acceptors (Lipinski definition) is 6. The van der Waals surface area contributed by atoms with Gasteiger partial charge < -0.3 is 21.1 Å². The van der Waals surface area contributed by atoms with Crippen LogP contribution in [-0.2, 0) is 4.79 Å². The van der Waals surface area contributed by atoms with E-state index in [0.717, 1.165) is 23.1 Å². The lowest BCUT2D eigenvalue weighted by Gasteiger charge is -2.40. The summed E-state index contributed by atoms with van der Waals surface area (Å²) in [5, 5.41) is 22.4. The molecule has 2 amide bonds. The first-order valence-electron chi connectivity index (χ1n) is 12.3. The van der Waals surface area contributed by atoms with Gasteiger partial charge in [-0.25, -0.2) is 4.52 Å². The summed E-state index contributed by atoms with van der Waals surface area (Å²) < 4.78 is 3.64. The molecule has 0 radical (unpaired) electrons. The van der Waals surface area contributed by atoms with Crippen LogP contribution in [-0.4, -0.2) is 66.5 Å². The molecular weight excluding hydrogens is 446 g/mol. The lowest BCUT2D eigenvalue weighted by Crippen LogP contribution is -2.51. The van der Waals surface area contributed by atoms with Crippen molar-refractivity contribution >= 4 is 23.0 Å². The Labute approximate surface area is 205 Å². The van der Waals surface area contributed by atoms with E-state index in [1.165, 1.54) is 6.20 Å². The van der Waals surface area contributed by atoms with Crippen LogP contribution in [0, 0.1) is 5.92 Å². The number of nitrogens with one attached hydrogen (secondary N) is 1. The summed E-state index contributed by atoms with van der Waals surface area (Å²) in [6.45, 7) is 9.12. The van der Waals surface area contributed by atoms with Crippen molar-refractivity contribution in [1.82, 2.24) is 24.3 Å². The maximum Gasteiger partial charge on any atom is 0.252 e. The standard InChI is InChI=1S/C25H35N7O3/c1-5-16-12-30(25(35)22(33)6-2)8-7-20(16)29-23-19(24(26)34)11-28-32-13-17(9-21(23)32)18-10-27-31(14-18)15(3)4/h9-11,13-16,20,22,29,33H,5-8,12H2,1-4H3,(H2,26,34)/t16-,20-,22?/m1/s1. The highest BCUT2D eigenvalue weighted by molar-refractivity contribution is 6.02. The van der Waals surface area contributed by atoms with E-state index in [1.54, 1.807) is 16.3 Å². The summed E-state index contributed by atoms with van der Waals surface area (Å²) in [4.78, 5) is 26.6. The minimum Gasteiger partial charge on any atom is -0.383 e. The van der Waals surface area contributed by atoms with Crippen LogP contribution in [0.1, 0.15) is 63.4 Å². The summed E-state index contributed by atoms with van der Waals surface area (Å²) in [5.74, 6) is -0.610. The summed E-state index contributed by atoms with van der Waals surface area (Å²) in [7, 11) is 0. The zero-order valence-corrected chi connectivity index (χ0v) is 20.8. The largest absolute Gasteiger partial charge is 0.383 e. The Kier molecular flexibility index (Phi) is 7.11. The maximum absolute atomic E-state index is 12.5. The normalized spacial score (nSPS) is 19.3. The molecule has 0 aliphatic carbocycles. The van der Waals surface area contributed by atoms with Crippen molar-refractivity contribution in [3.63, 3.8) is 0 Å². The molecule has 1 unspecified atom stereocenters. The second-order valence-electron chi connectivity index (χ2n) is 9.57. The number of nitrogens with zero attached hydrogens (tertiary/aromatic N) is 5. The monoisotopic (exact) mass is 481 g/mol. The number of hydrogen-bond donors (Lipinski definition) is 3. The van der Waals surface area contributed by atoms with Crippen LogP contribution in [0.2, 0.25) is 0 Å². The molecule has 35 heavy (non-hydrogen) atoms. The fraction of sp³-hybridized carbons (Fsp3) is 0.520. The number of piperidine rings is 1. The van der Waals surface area contributed by atoms with E-state index in [2.05, 4.69) is 36.3 Å². The van der Waals surface area contributed by atoms with Crippen molar-refractivity contribution in [2.24, 2.45) is 11.7 Å². The van der Waals surface area contributed by atoms with Crippen LogP contribution in [0.25, 0.3) is 16.6 Å². The number of rotatable bonds is 8. The molecule has 0 spiro atoms. The van der Waals surface area contributed by atoms with Gasteiger partial charge in [-0.3, -0.25) is 14.3 Å². The Morgan fingerprint density at radius 3 is 2.60 bits per heavy atom. The number of likely N-dealkylation sites (tertiary alicyclic amines) is 1. The van der Waals surface area contributed by atoms with Crippen LogP contribution < -0.4 is 11.1 Å². The van der Waals surface area contributed by atoms with Crippen molar-refractivity contribution in [3.8, 4) is 11.1 Å². The first kappa shape index (κ1) is 24.7. The van der Waals surface area contributed by atoms with Crippen LogP contribution in [0.15, 0.2) is 30.9 Å². The van der Waals surface area contributed by atoms with Crippen LogP contribution in [0.4, 0.5) is 5.69 Å². The predicted molar refractivity (Wildman–Crippen MR) is 134 cm³/mol. The smallest absolute Gasteiger partial charge is 0.252 e. The molecule has 0 saturated carbocycles. The van der Waals surface area contributed by atoms with E-state index in [4.69, 9.17) is 5.73 Å². The summed E-state index contributed by atoms with van der Waals surface area (Å²) in [6.07, 6.45) is 8.20. The second kappa shape index (κ2) is 10.1. The number of aliphatic hydroxyl groups excluding tert-OH is 1. The van der Waals surface area contributed by atoms with E-state index in [1.807, 2.05) is 29.3 Å². The first-order chi connectivity index (χ1) is 16.7. The summed E-state index contributed by atoms with van der Waals surface area (Å²) in [6, 6.07) is 2.27. The highest BCUT2D eigenvalue weighted by atomic mass is 16.3. The molecule has 1 aliphatic rings. The average molecular weight is 482 g/mol. The van der Waals surface area contributed by atoms with E-state index in [0.29, 0.717) is 37.2 Å². The van der Waals surface area contributed by atoms with Gasteiger partial charge in [0.2, 0.25) is 0 Å². The van der Waals surface area contributed by atoms with Gasteiger partial charge >= 0.3 is 0 Å². The van der Waals surface area contributed by atoms with Crippen molar-refractivity contribution in [2.75, 3.05) is 18.4 Å². The molecule has 10 heteroatoms. The molecule has 4 heterocycles. The molecule has 3 aromatic rings. The zero-order valence-electron chi connectivity index (χ0n) is 20.8. The molecular formula is C25H35N7O3. The van der Waals surface area contributed by atoms with Crippen molar-refractivity contribution in [1.29, 1.82) is 0 Å². The Balaban J connectivity index is 1.65. The number of aromatic nitrogens is 4. The molecule has 4 rings (SSSR count). The minimum absolute atomic E-state index is 0.0363. The van der Waals surface area contributed by atoms with Gasteiger partial charge in [-0.05, 0) is 45.1 Å². The molecule has 1 saturated heterocycles. The lowest BCUT2D eigenvalue weighted by atomic mass is 9.89. The molecule has 0 aromatic carbocycles. The fourth-order valence-electron chi connectivity index (χ4n) is 4.73. The van der Waals surface area contributed by atoms with Crippen molar-refractivity contribution in [2.45, 2.75) is 65.1 Å². The van der Waals surface area contributed by atoms with Gasteiger partial charge in [-0.1, -0.05) is 13.8 Å². The Morgan fingerprint density at radius 2 is 1.97 bits per heavy atom. The lowest BCUT2D eigenvalue weighted by molar-refractivity contribution is -0.142. The number of amides is 2. The molecule has 188 valence electrons. The van der Waals surface area contributed by atoms with Gasteiger partial charge in [0.05, 0.1) is 29.2 Å². The molecule has 10 nitrogen and oxygen atoms in total. The topological polar surface area (TPSA) is 131 Å².